The molecule has 0 spiro atoms. The molecule has 20 heavy (non-hydrogen) atoms. The highest BCUT2D eigenvalue weighted by molar-refractivity contribution is 5.87. The molecule has 1 heterocycles. The molecule has 1 amide bonds. The summed E-state index contributed by atoms with van der Waals surface area (Å²) >= 11 is 0. The molecule has 5 nitrogen and oxygen atoms in total. The van der Waals surface area contributed by atoms with Crippen LogP contribution in [0.15, 0.2) is 43.0 Å². The van der Waals surface area contributed by atoms with Crippen LogP contribution in [0.2, 0.25) is 0 Å². The summed E-state index contributed by atoms with van der Waals surface area (Å²) < 4.78 is 1.93. The van der Waals surface area contributed by atoms with Crippen LogP contribution in [-0.4, -0.2) is 22.0 Å². The number of aromatic nitrogens is 2. The Balaban J connectivity index is 1.94. The van der Waals surface area contributed by atoms with Gasteiger partial charge in [0.15, 0.2) is 0 Å². The van der Waals surface area contributed by atoms with Gasteiger partial charge in [0.2, 0.25) is 5.91 Å². The van der Waals surface area contributed by atoms with Crippen LogP contribution in [0.3, 0.4) is 0 Å². The number of nitrogens with zero attached hydrogens (tertiary/aromatic N) is 2. The number of carbonyl (C=O) groups excluding carboxylic acids is 1. The summed E-state index contributed by atoms with van der Waals surface area (Å²) in [5, 5.41) is 2.96. The van der Waals surface area contributed by atoms with E-state index in [1.165, 1.54) is 0 Å². The Morgan fingerprint density at radius 2 is 2.05 bits per heavy atom. The number of carbonyl (C=O) groups is 1. The topological polar surface area (TPSA) is 72.9 Å². The molecule has 1 aromatic heterocycles. The number of hydrogen-bond donors (Lipinski definition) is 2. The zero-order valence-corrected chi connectivity index (χ0v) is 11.8. The van der Waals surface area contributed by atoms with E-state index >= 15 is 0 Å². The minimum absolute atomic E-state index is 0.00221. The molecule has 0 aliphatic carbocycles. The van der Waals surface area contributed by atoms with Crippen molar-refractivity contribution in [2.24, 2.45) is 0 Å². The van der Waals surface area contributed by atoms with Gasteiger partial charge in [0, 0.05) is 31.2 Å². The summed E-state index contributed by atoms with van der Waals surface area (Å²) in [6, 6.07) is 7.42. The lowest BCUT2D eigenvalue weighted by atomic mass is 9.83. The third-order valence-corrected chi connectivity index (χ3v) is 3.41. The Hall–Kier alpha value is -2.30. The Morgan fingerprint density at radius 1 is 1.35 bits per heavy atom. The predicted octanol–water partition coefficient (Wildman–Crippen LogP) is 1.56. The van der Waals surface area contributed by atoms with Crippen molar-refractivity contribution in [3.63, 3.8) is 0 Å². The summed E-state index contributed by atoms with van der Waals surface area (Å²) in [7, 11) is 0. The monoisotopic (exact) mass is 272 g/mol. The van der Waals surface area contributed by atoms with Gasteiger partial charge in [-0.3, -0.25) is 4.79 Å². The summed E-state index contributed by atoms with van der Waals surface area (Å²) in [6.45, 7) is 5.10. The van der Waals surface area contributed by atoms with Gasteiger partial charge in [0.1, 0.15) is 0 Å². The molecule has 0 bridgehead atoms. The fraction of sp³-hybridized carbons (Fsp3) is 0.333. The number of anilines is 1. The number of nitrogens with one attached hydrogen (secondary N) is 1. The second-order valence-electron chi connectivity index (χ2n) is 5.30. The Bertz CT molecular complexity index is 558. The van der Waals surface area contributed by atoms with Crippen LogP contribution in [0.1, 0.15) is 19.4 Å². The molecule has 0 saturated carbocycles. The molecule has 0 unspecified atom stereocenters. The molecule has 106 valence electrons. The summed E-state index contributed by atoms with van der Waals surface area (Å²) in [4.78, 5) is 16.3. The molecule has 0 radical (unpaired) electrons. The van der Waals surface area contributed by atoms with Crippen LogP contribution in [0, 0.1) is 0 Å². The molecule has 0 fully saturated rings. The average Bonchev–Trinajstić information content (AvgIpc) is 2.92. The van der Waals surface area contributed by atoms with Gasteiger partial charge in [-0.2, -0.15) is 0 Å². The largest absolute Gasteiger partial charge is 0.399 e. The minimum Gasteiger partial charge on any atom is -0.399 e. The maximum absolute atomic E-state index is 12.3. The van der Waals surface area contributed by atoms with Crippen molar-refractivity contribution in [3.8, 4) is 0 Å². The third-order valence-electron chi connectivity index (χ3n) is 3.41. The Labute approximate surface area is 118 Å². The molecule has 2 aromatic rings. The van der Waals surface area contributed by atoms with E-state index in [-0.39, 0.29) is 5.91 Å². The van der Waals surface area contributed by atoms with E-state index in [1.54, 1.807) is 12.5 Å². The van der Waals surface area contributed by atoms with Crippen LogP contribution < -0.4 is 11.1 Å². The van der Waals surface area contributed by atoms with Gasteiger partial charge in [0.05, 0.1) is 11.7 Å². The van der Waals surface area contributed by atoms with Gasteiger partial charge in [-0.25, -0.2) is 4.98 Å². The fourth-order valence-electron chi connectivity index (χ4n) is 1.97. The molecular weight excluding hydrogens is 252 g/mol. The summed E-state index contributed by atoms with van der Waals surface area (Å²) in [5.74, 6) is 0.00221. The van der Waals surface area contributed by atoms with Crippen LogP contribution in [0.4, 0.5) is 5.69 Å². The minimum atomic E-state index is -0.581. The Morgan fingerprint density at radius 3 is 2.65 bits per heavy atom. The molecule has 0 aliphatic rings. The van der Waals surface area contributed by atoms with E-state index in [0.717, 1.165) is 5.56 Å². The molecule has 0 aliphatic heterocycles. The molecule has 0 saturated heterocycles. The summed E-state index contributed by atoms with van der Waals surface area (Å²) in [6.07, 6.45) is 5.33. The van der Waals surface area contributed by atoms with Gasteiger partial charge in [-0.15, -0.1) is 0 Å². The van der Waals surface area contributed by atoms with E-state index in [2.05, 4.69) is 10.3 Å². The van der Waals surface area contributed by atoms with Gasteiger partial charge in [-0.05, 0) is 31.5 Å². The van der Waals surface area contributed by atoms with Crippen molar-refractivity contribution in [2.75, 3.05) is 12.3 Å². The Kier molecular flexibility index (Phi) is 4.08. The number of amides is 1. The van der Waals surface area contributed by atoms with Crippen LogP contribution >= 0.6 is 0 Å². The lowest BCUT2D eigenvalue weighted by molar-refractivity contribution is -0.125. The first-order valence-corrected chi connectivity index (χ1v) is 6.60. The van der Waals surface area contributed by atoms with E-state index in [9.17, 15) is 4.79 Å². The standard InChI is InChI=1S/C15H20N4O/c1-15(2,12-3-5-13(16)6-4-12)14(20)18-8-10-19-9-7-17-11-19/h3-7,9,11H,8,10,16H2,1-2H3,(H,18,20). The van der Waals surface area contributed by atoms with E-state index in [4.69, 9.17) is 5.73 Å². The van der Waals surface area contributed by atoms with E-state index < -0.39 is 5.41 Å². The zero-order chi connectivity index (χ0) is 14.6. The van der Waals surface area contributed by atoms with Gasteiger partial charge in [-0.1, -0.05) is 12.1 Å². The first-order valence-electron chi connectivity index (χ1n) is 6.60. The maximum Gasteiger partial charge on any atom is 0.230 e. The van der Waals surface area contributed by atoms with Crippen molar-refractivity contribution in [1.29, 1.82) is 0 Å². The van der Waals surface area contributed by atoms with Gasteiger partial charge in [0.25, 0.3) is 0 Å². The highest BCUT2D eigenvalue weighted by atomic mass is 16.2. The third kappa shape index (κ3) is 3.17. The number of imidazole rings is 1. The van der Waals surface area contributed by atoms with Crippen molar-refractivity contribution in [1.82, 2.24) is 14.9 Å². The zero-order valence-electron chi connectivity index (χ0n) is 11.8. The molecule has 2 rings (SSSR count). The van der Waals surface area contributed by atoms with Crippen LogP contribution in [-0.2, 0) is 16.8 Å². The maximum atomic E-state index is 12.3. The smallest absolute Gasteiger partial charge is 0.230 e. The van der Waals surface area contributed by atoms with Crippen molar-refractivity contribution >= 4 is 11.6 Å². The van der Waals surface area contributed by atoms with E-state index in [1.807, 2.05) is 48.9 Å². The number of nitrogen functional groups attached to an aromatic ring is 1. The fourth-order valence-corrected chi connectivity index (χ4v) is 1.97. The molecule has 3 N–H and O–H groups in total. The van der Waals surface area contributed by atoms with Crippen LogP contribution in [0.5, 0.6) is 0 Å². The first kappa shape index (κ1) is 14.1. The lowest BCUT2D eigenvalue weighted by Crippen LogP contribution is -2.41. The van der Waals surface area contributed by atoms with Crippen LogP contribution in [0.25, 0.3) is 0 Å². The highest BCUT2D eigenvalue weighted by Crippen LogP contribution is 2.24. The second-order valence-corrected chi connectivity index (χ2v) is 5.30. The molecule has 0 atom stereocenters. The lowest BCUT2D eigenvalue weighted by Gasteiger charge is -2.24. The second kappa shape index (κ2) is 5.77. The molecule has 5 heteroatoms. The molecule has 1 aromatic carbocycles. The molecular formula is C15H20N4O. The number of benzene rings is 1. The summed E-state index contributed by atoms with van der Waals surface area (Å²) in [5.41, 5.74) is 6.74. The normalized spacial score (nSPS) is 11.3. The van der Waals surface area contributed by atoms with Crippen molar-refractivity contribution in [3.05, 3.63) is 48.5 Å². The predicted molar refractivity (Wildman–Crippen MR) is 79.1 cm³/mol. The number of nitrogens with two attached hydrogens (primary N) is 1. The van der Waals surface area contributed by atoms with E-state index in [0.29, 0.717) is 18.8 Å². The average molecular weight is 272 g/mol. The van der Waals surface area contributed by atoms with Crippen molar-refractivity contribution < 1.29 is 4.79 Å². The van der Waals surface area contributed by atoms with Gasteiger partial charge >= 0.3 is 0 Å². The SMILES string of the molecule is CC(C)(C(=O)NCCn1ccnc1)c1ccc(N)cc1. The number of hydrogen-bond acceptors (Lipinski definition) is 3. The van der Waals surface area contributed by atoms with Gasteiger partial charge < -0.3 is 15.6 Å². The van der Waals surface area contributed by atoms with Crippen molar-refractivity contribution in [2.45, 2.75) is 25.8 Å². The highest BCUT2D eigenvalue weighted by Gasteiger charge is 2.29. The quantitative estimate of drug-likeness (QED) is 0.811. The first-order chi connectivity index (χ1) is 9.50. The number of rotatable bonds is 5.